The van der Waals surface area contributed by atoms with Gasteiger partial charge in [-0.1, -0.05) is 6.07 Å². The van der Waals surface area contributed by atoms with Crippen LogP contribution >= 0.6 is 0 Å². The van der Waals surface area contributed by atoms with Gasteiger partial charge >= 0.3 is 0 Å². The molecule has 0 bridgehead atoms. The number of aromatic hydroxyl groups is 1. The Hall–Kier alpha value is -1.13. The average molecular weight is 199 g/mol. The minimum absolute atomic E-state index is 0.0742. The summed E-state index contributed by atoms with van der Waals surface area (Å²) in [6, 6.07) is 3.82. The summed E-state index contributed by atoms with van der Waals surface area (Å²) in [7, 11) is 0. The van der Waals surface area contributed by atoms with E-state index in [1.54, 1.807) is 6.92 Å². The summed E-state index contributed by atoms with van der Waals surface area (Å²) in [4.78, 5) is 4.96. The number of phenols is 1. The highest BCUT2D eigenvalue weighted by atomic mass is 19.1. The van der Waals surface area contributed by atoms with E-state index in [0.29, 0.717) is 12.2 Å². The number of benzene rings is 1. The molecule has 78 valence electrons. The highest BCUT2D eigenvalue weighted by Crippen LogP contribution is 2.20. The molecule has 0 heterocycles. The summed E-state index contributed by atoms with van der Waals surface area (Å²) in [5, 5.41) is 9.00. The standard InChI is InChI=1S/C10H14FNO2/c1-3-14-12-7(2)9-5-4-8(13)6-10(9)11/h4-7,12-13H,3H2,1-2H3. The van der Waals surface area contributed by atoms with E-state index < -0.39 is 5.82 Å². The molecule has 0 aliphatic carbocycles. The van der Waals surface area contributed by atoms with E-state index in [1.807, 2.05) is 6.92 Å². The molecule has 0 aliphatic heterocycles. The van der Waals surface area contributed by atoms with Crippen molar-refractivity contribution in [2.24, 2.45) is 0 Å². The summed E-state index contributed by atoms with van der Waals surface area (Å²) < 4.78 is 13.3. The van der Waals surface area contributed by atoms with Crippen molar-refractivity contribution >= 4 is 0 Å². The van der Waals surface area contributed by atoms with Gasteiger partial charge in [0.05, 0.1) is 12.6 Å². The molecule has 0 fully saturated rings. The first-order valence-electron chi connectivity index (χ1n) is 4.51. The Morgan fingerprint density at radius 3 is 2.86 bits per heavy atom. The third-order valence-electron chi connectivity index (χ3n) is 1.85. The van der Waals surface area contributed by atoms with Crippen molar-refractivity contribution in [2.45, 2.75) is 19.9 Å². The smallest absolute Gasteiger partial charge is 0.131 e. The van der Waals surface area contributed by atoms with Crippen LogP contribution in [0.15, 0.2) is 18.2 Å². The first kappa shape index (κ1) is 10.9. The third-order valence-corrected chi connectivity index (χ3v) is 1.85. The summed E-state index contributed by atoms with van der Waals surface area (Å²) in [6.07, 6.45) is 0. The van der Waals surface area contributed by atoms with Gasteiger partial charge in [-0.2, -0.15) is 5.48 Å². The van der Waals surface area contributed by atoms with E-state index in [4.69, 9.17) is 9.94 Å². The molecule has 2 N–H and O–H groups in total. The van der Waals surface area contributed by atoms with Gasteiger partial charge in [-0.3, -0.25) is 0 Å². The highest BCUT2D eigenvalue weighted by molar-refractivity contribution is 5.29. The van der Waals surface area contributed by atoms with Crippen LogP contribution in [0.3, 0.4) is 0 Å². The van der Waals surface area contributed by atoms with Crippen LogP contribution in [0.2, 0.25) is 0 Å². The Balaban J connectivity index is 2.74. The van der Waals surface area contributed by atoms with E-state index in [9.17, 15) is 4.39 Å². The lowest BCUT2D eigenvalue weighted by atomic mass is 10.1. The van der Waals surface area contributed by atoms with Crippen LogP contribution < -0.4 is 5.48 Å². The predicted octanol–water partition coefficient (Wildman–Crippen LogP) is 2.13. The summed E-state index contributed by atoms with van der Waals surface area (Å²) in [5.74, 6) is -0.514. The highest BCUT2D eigenvalue weighted by Gasteiger charge is 2.10. The fraction of sp³-hybridized carbons (Fsp3) is 0.400. The second-order valence-electron chi connectivity index (χ2n) is 2.98. The van der Waals surface area contributed by atoms with Gasteiger partial charge in [0.2, 0.25) is 0 Å². The molecule has 0 saturated carbocycles. The molecule has 0 spiro atoms. The summed E-state index contributed by atoms with van der Waals surface area (Å²) >= 11 is 0. The lowest BCUT2D eigenvalue weighted by Gasteiger charge is -2.13. The van der Waals surface area contributed by atoms with Crippen LogP contribution in [0.1, 0.15) is 25.5 Å². The molecule has 0 saturated heterocycles. The summed E-state index contributed by atoms with van der Waals surface area (Å²) in [6.45, 7) is 4.14. The van der Waals surface area contributed by atoms with E-state index >= 15 is 0 Å². The maximum atomic E-state index is 13.3. The Morgan fingerprint density at radius 1 is 1.57 bits per heavy atom. The minimum Gasteiger partial charge on any atom is -0.508 e. The van der Waals surface area contributed by atoms with Crippen molar-refractivity contribution in [3.8, 4) is 5.75 Å². The predicted molar refractivity (Wildman–Crippen MR) is 51.2 cm³/mol. The first-order valence-corrected chi connectivity index (χ1v) is 4.51. The average Bonchev–Trinajstić information content (AvgIpc) is 2.14. The van der Waals surface area contributed by atoms with Crippen molar-refractivity contribution in [1.82, 2.24) is 5.48 Å². The van der Waals surface area contributed by atoms with Crippen molar-refractivity contribution < 1.29 is 14.3 Å². The zero-order valence-corrected chi connectivity index (χ0v) is 8.25. The van der Waals surface area contributed by atoms with Crippen LogP contribution in [0.4, 0.5) is 4.39 Å². The molecule has 1 unspecified atom stereocenters. The fourth-order valence-corrected chi connectivity index (χ4v) is 1.14. The summed E-state index contributed by atoms with van der Waals surface area (Å²) in [5.41, 5.74) is 3.16. The van der Waals surface area contributed by atoms with Gasteiger partial charge in [0.15, 0.2) is 0 Å². The van der Waals surface area contributed by atoms with Gasteiger partial charge < -0.3 is 9.94 Å². The van der Waals surface area contributed by atoms with E-state index in [0.717, 1.165) is 6.07 Å². The molecule has 1 rings (SSSR count). The fourth-order valence-electron chi connectivity index (χ4n) is 1.14. The van der Waals surface area contributed by atoms with Crippen LogP contribution in [0, 0.1) is 5.82 Å². The van der Waals surface area contributed by atoms with Crippen LogP contribution in [0.5, 0.6) is 5.75 Å². The molecule has 1 aromatic rings. The number of rotatable bonds is 4. The third kappa shape index (κ3) is 2.68. The number of halogens is 1. The molecule has 4 heteroatoms. The van der Waals surface area contributed by atoms with Crippen molar-refractivity contribution in [3.63, 3.8) is 0 Å². The van der Waals surface area contributed by atoms with Crippen molar-refractivity contribution in [1.29, 1.82) is 0 Å². The van der Waals surface area contributed by atoms with Crippen LogP contribution in [-0.4, -0.2) is 11.7 Å². The monoisotopic (exact) mass is 199 g/mol. The van der Waals surface area contributed by atoms with Crippen molar-refractivity contribution in [3.05, 3.63) is 29.6 Å². The maximum absolute atomic E-state index is 13.3. The molecule has 0 aliphatic rings. The Labute approximate surface area is 82.5 Å². The van der Waals surface area contributed by atoms with E-state index in [-0.39, 0.29) is 11.8 Å². The molecule has 1 atom stereocenters. The van der Waals surface area contributed by atoms with Gasteiger partial charge in [-0.25, -0.2) is 4.39 Å². The Kier molecular flexibility index (Phi) is 3.85. The molecule has 0 radical (unpaired) electrons. The zero-order chi connectivity index (χ0) is 10.6. The zero-order valence-electron chi connectivity index (χ0n) is 8.25. The van der Waals surface area contributed by atoms with Gasteiger partial charge in [-0.15, -0.1) is 0 Å². The Bertz CT molecular complexity index is 304. The second kappa shape index (κ2) is 4.93. The lowest BCUT2D eigenvalue weighted by Crippen LogP contribution is -2.19. The normalized spacial score (nSPS) is 12.8. The van der Waals surface area contributed by atoms with Gasteiger partial charge in [0, 0.05) is 11.6 Å². The molecule has 3 nitrogen and oxygen atoms in total. The number of hydroxylamine groups is 1. The lowest BCUT2D eigenvalue weighted by molar-refractivity contribution is 0.0277. The van der Waals surface area contributed by atoms with Crippen LogP contribution in [0.25, 0.3) is 0 Å². The van der Waals surface area contributed by atoms with E-state index in [1.165, 1.54) is 12.1 Å². The molecular formula is C10H14FNO2. The number of nitrogens with one attached hydrogen (secondary N) is 1. The Morgan fingerprint density at radius 2 is 2.29 bits per heavy atom. The number of hydrogen-bond donors (Lipinski definition) is 2. The second-order valence-corrected chi connectivity index (χ2v) is 2.98. The molecule has 1 aromatic carbocycles. The molecular weight excluding hydrogens is 185 g/mol. The quantitative estimate of drug-likeness (QED) is 0.730. The molecule has 14 heavy (non-hydrogen) atoms. The first-order chi connectivity index (χ1) is 6.65. The SMILES string of the molecule is CCONC(C)c1ccc(O)cc1F. The van der Waals surface area contributed by atoms with Gasteiger partial charge in [0.1, 0.15) is 11.6 Å². The number of hydrogen-bond acceptors (Lipinski definition) is 3. The molecule has 0 aromatic heterocycles. The topological polar surface area (TPSA) is 41.5 Å². The largest absolute Gasteiger partial charge is 0.508 e. The minimum atomic E-state index is -0.440. The van der Waals surface area contributed by atoms with Gasteiger partial charge in [0.25, 0.3) is 0 Å². The van der Waals surface area contributed by atoms with Crippen molar-refractivity contribution in [2.75, 3.05) is 6.61 Å². The number of phenolic OH excluding ortho intramolecular Hbond substituents is 1. The molecule has 0 amide bonds. The van der Waals surface area contributed by atoms with Crippen LogP contribution in [-0.2, 0) is 4.84 Å². The van der Waals surface area contributed by atoms with E-state index in [2.05, 4.69) is 5.48 Å². The van der Waals surface area contributed by atoms with Gasteiger partial charge in [-0.05, 0) is 19.9 Å². The maximum Gasteiger partial charge on any atom is 0.131 e.